The standard InChI is InChI=1S/C19H19N3O2S/c23-18-9-8-16(20-22(18)15-5-2-1-3-6-15)19(24)21-11-4-7-17(21)14-10-12-25-13-14/h1-3,5-6,10,12-13,17H,4,7-9,11H2/t17-/m0/s1. The topological polar surface area (TPSA) is 53.0 Å². The molecule has 1 fully saturated rings. The van der Waals surface area contributed by atoms with Gasteiger partial charge in [0.15, 0.2) is 0 Å². The fourth-order valence-corrected chi connectivity index (χ4v) is 4.17. The molecule has 0 N–H and O–H groups in total. The number of rotatable bonds is 3. The summed E-state index contributed by atoms with van der Waals surface area (Å²) >= 11 is 1.65. The van der Waals surface area contributed by atoms with Crippen LogP contribution in [0.4, 0.5) is 5.69 Å². The maximum Gasteiger partial charge on any atom is 0.270 e. The summed E-state index contributed by atoms with van der Waals surface area (Å²) in [5.41, 5.74) is 2.38. The van der Waals surface area contributed by atoms with Crippen LogP contribution in [0.1, 0.15) is 37.3 Å². The molecule has 1 saturated heterocycles. The fraction of sp³-hybridized carbons (Fsp3) is 0.316. The Kier molecular flexibility index (Phi) is 4.36. The Balaban J connectivity index is 1.60. The molecule has 128 valence electrons. The number of hydrogen-bond acceptors (Lipinski definition) is 4. The van der Waals surface area contributed by atoms with Crippen molar-refractivity contribution >= 4 is 34.6 Å². The quantitative estimate of drug-likeness (QED) is 0.847. The molecule has 0 saturated carbocycles. The highest BCUT2D eigenvalue weighted by Gasteiger charge is 2.34. The second-order valence-electron chi connectivity index (χ2n) is 6.30. The molecule has 6 heteroatoms. The third-order valence-corrected chi connectivity index (χ3v) is 5.42. The highest BCUT2D eigenvalue weighted by atomic mass is 32.1. The summed E-state index contributed by atoms with van der Waals surface area (Å²) in [6.45, 7) is 0.748. The minimum atomic E-state index is -0.0708. The zero-order valence-corrected chi connectivity index (χ0v) is 14.6. The van der Waals surface area contributed by atoms with E-state index in [1.807, 2.05) is 40.6 Å². The van der Waals surface area contributed by atoms with Crippen LogP contribution in [0.15, 0.2) is 52.3 Å². The van der Waals surface area contributed by atoms with Crippen LogP contribution < -0.4 is 5.01 Å². The Morgan fingerprint density at radius 3 is 2.76 bits per heavy atom. The van der Waals surface area contributed by atoms with Crippen LogP contribution in [-0.4, -0.2) is 29.0 Å². The Bertz CT molecular complexity index is 801. The van der Waals surface area contributed by atoms with Crippen LogP contribution in [0.25, 0.3) is 0 Å². The van der Waals surface area contributed by atoms with E-state index in [0.717, 1.165) is 19.4 Å². The van der Waals surface area contributed by atoms with Crippen molar-refractivity contribution in [2.75, 3.05) is 11.6 Å². The molecule has 3 heterocycles. The fourth-order valence-electron chi connectivity index (χ4n) is 3.47. The predicted octanol–water partition coefficient (Wildman–Crippen LogP) is 3.59. The third-order valence-electron chi connectivity index (χ3n) is 4.72. The van der Waals surface area contributed by atoms with Gasteiger partial charge in [0.05, 0.1) is 11.7 Å². The van der Waals surface area contributed by atoms with E-state index in [-0.39, 0.29) is 17.9 Å². The summed E-state index contributed by atoms with van der Waals surface area (Å²) < 4.78 is 0. The number of benzene rings is 1. The summed E-state index contributed by atoms with van der Waals surface area (Å²) in [4.78, 5) is 27.2. The van der Waals surface area contributed by atoms with E-state index in [4.69, 9.17) is 0 Å². The number of anilines is 1. The van der Waals surface area contributed by atoms with Crippen LogP contribution >= 0.6 is 11.3 Å². The van der Waals surface area contributed by atoms with Gasteiger partial charge in [-0.25, -0.2) is 5.01 Å². The lowest BCUT2D eigenvalue weighted by Gasteiger charge is -2.28. The highest BCUT2D eigenvalue weighted by Crippen LogP contribution is 2.34. The van der Waals surface area contributed by atoms with Gasteiger partial charge in [0.2, 0.25) is 5.91 Å². The Labute approximate surface area is 150 Å². The van der Waals surface area contributed by atoms with E-state index in [2.05, 4.69) is 16.5 Å². The van der Waals surface area contributed by atoms with Gasteiger partial charge in [-0.15, -0.1) is 0 Å². The molecule has 4 rings (SSSR count). The van der Waals surface area contributed by atoms with Crippen molar-refractivity contribution in [2.24, 2.45) is 5.10 Å². The normalized spacial score (nSPS) is 20.7. The monoisotopic (exact) mass is 353 g/mol. The zero-order valence-electron chi connectivity index (χ0n) is 13.8. The molecular formula is C19H19N3O2S. The molecule has 2 aromatic rings. The first-order chi connectivity index (χ1) is 12.2. The van der Waals surface area contributed by atoms with E-state index in [1.54, 1.807) is 11.3 Å². The average Bonchev–Trinajstić information content (AvgIpc) is 3.33. The minimum Gasteiger partial charge on any atom is -0.330 e. The number of amides is 2. The van der Waals surface area contributed by atoms with Crippen molar-refractivity contribution in [3.8, 4) is 0 Å². The van der Waals surface area contributed by atoms with Gasteiger partial charge in [-0.3, -0.25) is 9.59 Å². The average molecular weight is 353 g/mol. The SMILES string of the molecule is O=C1CCC(C(=O)N2CCC[C@H]2c2ccsc2)=NN1c1ccccc1. The van der Waals surface area contributed by atoms with Gasteiger partial charge in [0.25, 0.3) is 5.91 Å². The lowest BCUT2D eigenvalue weighted by Crippen LogP contribution is -2.41. The first kappa shape index (κ1) is 16.0. The maximum absolute atomic E-state index is 13.1. The van der Waals surface area contributed by atoms with Gasteiger partial charge < -0.3 is 4.90 Å². The molecule has 5 nitrogen and oxygen atoms in total. The maximum atomic E-state index is 13.1. The zero-order chi connectivity index (χ0) is 17.2. The summed E-state index contributed by atoms with van der Waals surface area (Å²) in [5, 5.41) is 9.93. The Hall–Kier alpha value is -2.47. The van der Waals surface area contributed by atoms with Crippen LogP contribution in [0.2, 0.25) is 0 Å². The first-order valence-corrected chi connectivity index (χ1v) is 9.47. The van der Waals surface area contributed by atoms with E-state index in [0.29, 0.717) is 24.2 Å². The van der Waals surface area contributed by atoms with E-state index >= 15 is 0 Å². The first-order valence-electron chi connectivity index (χ1n) is 8.52. The summed E-state index contributed by atoms with van der Waals surface area (Å²) in [7, 11) is 0. The molecule has 2 amide bonds. The van der Waals surface area contributed by atoms with Gasteiger partial charge in [-0.1, -0.05) is 18.2 Å². The van der Waals surface area contributed by atoms with Crippen molar-refractivity contribution in [3.63, 3.8) is 0 Å². The lowest BCUT2D eigenvalue weighted by molar-refractivity contribution is -0.125. The molecule has 0 bridgehead atoms. The van der Waals surface area contributed by atoms with Crippen LogP contribution in [0.3, 0.4) is 0 Å². The molecule has 1 atom stereocenters. The molecular weight excluding hydrogens is 334 g/mol. The minimum absolute atomic E-state index is 0.0397. The molecule has 1 aromatic heterocycles. The van der Waals surface area contributed by atoms with Gasteiger partial charge in [-0.05, 0) is 47.4 Å². The van der Waals surface area contributed by atoms with E-state index in [1.165, 1.54) is 10.6 Å². The van der Waals surface area contributed by atoms with Crippen molar-refractivity contribution in [2.45, 2.75) is 31.7 Å². The molecule has 0 unspecified atom stereocenters. The van der Waals surface area contributed by atoms with Gasteiger partial charge in [0, 0.05) is 19.4 Å². The molecule has 1 aromatic carbocycles. The number of thiophene rings is 1. The van der Waals surface area contributed by atoms with Crippen molar-refractivity contribution in [3.05, 3.63) is 52.7 Å². The number of para-hydroxylation sites is 1. The lowest BCUT2D eigenvalue weighted by atomic mass is 10.1. The largest absolute Gasteiger partial charge is 0.330 e. The number of hydrogen-bond donors (Lipinski definition) is 0. The molecule has 2 aliphatic rings. The van der Waals surface area contributed by atoms with Crippen molar-refractivity contribution in [1.29, 1.82) is 0 Å². The summed E-state index contributed by atoms with van der Waals surface area (Å²) in [5.74, 6) is -0.110. The summed E-state index contributed by atoms with van der Waals surface area (Å²) in [6.07, 6.45) is 2.71. The second kappa shape index (κ2) is 6.80. The molecule has 25 heavy (non-hydrogen) atoms. The molecule has 2 aliphatic heterocycles. The molecule has 0 spiro atoms. The predicted molar refractivity (Wildman–Crippen MR) is 98.6 cm³/mol. The van der Waals surface area contributed by atoms with Gasteiger partial charge in [-0.2, -0.15) is 16.4 Å². The smallest absolute Gasteiger partial charge is 0.270 e. The number of likely N-dealkylation sites (tertiary alicyclic amines) is 1. The number of hydrazone groups is 1. The van der Waals surface area contributed by atoms with Gasteiger partial charge in [0.1, 0.15) is 5.71 Å². The van der Waals surface area contributed by atoms with E-state index < -0.39 is 0 Å². The number of carbonyl (C=O) groups excluding carboxylic acids is 2. The van der Waals surface area contributed by atoms with Crippen LogP contribution in [-0.2, 0) is 9.59 Å². The van der Waals surface area contributed by atoms with Crippen LogP contribution in [0.5, 0.6) is 0 Å². The molecule has 0 aliphatic carbocycles. The van der Waals surface area contributed by atoms with Gasteiger partial charge >= 0.3 is 0 Å². The van der Waals surface area contributed by atoms with E-state index in [9.17, 15) is 9.59 Å². The highest BCUT2D eigenvalue weighted by molar-refractivity contribution is 7.08. The number of carbonyl (C=O) groups is 2. The van der Waals surface area contributed by atoms with Crippen molar-refractivity contribution < 1.29 is 9.59 Å². The third kappa shape index (κ3) is 3.09. The second-order valence-corrected chi connectivity index (χ2v) is 7.08. The number of nitrogens with zero attached hydrogens (tertiary/aromatic N) is 3. The Morgan fingerprint density at radius 1 is 1.16 bits per heavy atom. The van der Waals surface area contributed by atoms with Crippen molar-refractivity contribution in [1.82, 2.24) is 4.90 Å². The Morgan fingerprint density at radius 2 is 2.00 bits per heavy atom. The summed E-state index contributed by atoms with van der Waals surface area (Å²) in [6, 6.07) is 11.5. The molecule has 0 radical (unpaired) electrons. The van der Waals surface area contributed by atoms with Crippen LogP contribution in [0, 0.1) is 0 Å².